The molecular weight excluding hydrogens is 593 g/mol. The molecule has 0 aliphatic rings. The number of hydrogen-bond acceptors (Lipinski definition) is 3. The molecule has 0 saturated heterocycles. The lowest BCUT2D eigenvalue weighted by molar-refractivity contribution is 0.658. The lowest BCUT2D eigenvalue weighted by Crippen LogP contribution is -1.91. The van der Waals surface area contributed by atoms with Gasteiger partial charge in [-0.15, -0.1) is 11.3 Å². The molecule has 0 bridgehead atoms. The Morgan fingerprint density at radius 1 is 0.319 bits per heavy atom. The van der Waals surface area contributed by atoms with Crippen molar-refractivity contribution in [2.45, 2.75) is 0 Å². The van der Waals surface area contributed by atoms with Crippen molar-refractivity contribution >= 4 is 96.9 Å². The summed E-state index contributed by atoms with van der Waals surface area (Å²) < 4.78 is 16.2. The van der Waals surface area contributed by atoms with E-state index in [0.717, 1.165) is 55.0 Å². The van der Waals surface area contributed by atoms with Gasteiger partial charge in [-0.05, 0) is 69.1 Å². The minimum absolute atomic E-state index is 0.854. The van der Waals surface area contributed by atoms with Crippen molar-refractivity contribution in [2.75, 3.05) is 0 Å². The SMILES string of the molecule is c1ccc2c(c1)oc1c(-c3c4ccccc4c(-c4ccc5sc6ccccc6c5c4)c4ccccc34)c3oc4ccccc4c3cc12. The van der Waals surface area contributed by atoms with Crippen LogP contribution in [0.3, 0.4) is 0 Å². The Balaban J connectivity index is 1.33. The van der Waals surface area contributed by atoms with Gasteiger partial charge in [0.05, 0.1) is 5.56 Å². The van der Waals surface area contributed by atoms with E-state index in [1.807, 2.05) is 23.5 Å². The molecule has 0 aliphatic carbocycles. The predicted octanol–water partition coefficient (Wildman–Crippen LogP) is 13.5. The summed E-state index contributed by atoms with van der Waals surface area (Å²) in [5.41, 5.74) is 8.06. The number of rotatable bonds is 2. The predicted molar refractivity (Wildman–Crippen MR) is 200 cm³/mol. The van der Waals surface area contributed by atoms with Crippen molar-refractivity contribution in [3.05, 3.63) is 146 Å². The van der Waals surface area contributed by atoms with Crippen LogP contribution in [-0.4, -0.2) is 0 Å². The molecule has 2 nitrogen and oxygen atoms in total. The van der Waals surface area contributed by atoms with Crippen LogP contribution in [0.2, 0.25) is 0 Å². The van der Waals surface area contributed by atoms with Crippen molar-refractivity contribution in [1.29, 1.82) is 0 Å². The van der Waals surface area contributed by atoms with Crippen molar-refractivity contribution in [3.8, 4) is 22.3 Å². The van der Waals surface area contributed by atoms with E-state index in [0.29, 0.717) is 0 Å². The molecule has 0 N–H and O–H groups in total. The molecule has 3 heteroatoms. The molecule has 218 valence electrons. The molecule has 0 radical (unpaired) electrons. The van der Waals surface area contributed by atoms with E-state index in [2.05, 4.69) is 133 Å². The van der Waals surface area contributed by atoms with Crippen molar-refractivity contribution in [3.63, 3.8) is 0 Å². The minimum atomic E-state index is 0.854. The highest BCUT2D eigenvalue weighted by molar-refractivity contribution is 7.25. The molecule has 3 aromatic heterocycles. The van der Waals surface area contributed by atoms with Gasteiger partial charge in [0.25, 0.3) is 0 Å². The standard InChI is InChI=1S/C44H24O2S/c1-3-16-31-29(14-1)40(25-21-22-39-33(23-25)28-13-7-10-20-38(28)47-39)30-15-2-4-17-32(30)41(31)42-43-34(26-11-5-8-18-36(26)45-43)24-35-27-12-6-9-19-37(27)46-44(35)42/h1-24H. The highest BCUT2D eigenvalue weighted by Gasteiger charge is 2.25. The maximum absolute atomic E-state index is 6.78. The normalized spacial score (nSPS) is 12.3. The first-order valence-corrected chi connectivity index (χ1v) is 16.7. The Morgan fingerprint density at radius 2 is 0.787 bits per heavy atom. The minimum Gasteiger partial charge on any atom is -0.455 e. The van der Waals surface area contributed by atoms with Gasteiger partial charge in [-0.25, -0.2) is 0 Å². The first kappa shape index (κ1) is 25.3. The summed E-state index contributed by atoms with van der Waals surface area (Å²) in [7, 11) is 0. The van der Waals surface area contributed by atoms with Gasteiger partial charge in [0.15, 0.2) is 0 Å². The largest absolute Gasteiger partial charge is 0.455 e. The zero-order chi connectivity index (χ0) is 30.6. The average Bonchev–Trinajstić information content (AvgIpc) is 3.81. The Bertz CT molecular complexity index is 2930. The number of hydrogen-bond donors (Lipinski definition) is 0. The Kier molecular flexibility index (Phi) is 5.02. The molecule has 0 aliphatic heterocycles. The zero-order valence-electron chi connectivity index (χ0n) is 25.1. The first-order chi connectivity index (χ1) is 23.3. The van der Waals surface area contributed by atoms with E-state index in [-0.39, 0.29) is 0 Å². The lowest BCUT2D eigenvalue weighted by Gasteiger charge is -2.18. The molecule has 3 heterocycles. The smallest absolute Gasteiger partial charge is 0.147 e. The summed E-state index contributed by atoms with van der Waals surface area (Å²) in [5, 5.41) is 11.8. The molecule has 47 heavy (non-hydrogen) atoms. The fourth-order valence-electron chi connectivity index (χ4n) is 7.85. The summed E-state index contributed by atoms with van der Waals surface area (Å²) in [5.74, 6) is 0. The molecule has 0 amide bonds. The monoisotopic (exact) mass is 616 g/mol. The fraction of sp³-hybridized carbons (Fsp3) is 0. The van der Waals surface area contributed by atoms with Gasteiger partial charge in [-0.3, -0.25) is 0 Å². The van der Waals surface area contributed by atoms with E-state index in [1.54, 1.807) is 0 Å². The van der Waals surface area contributed by atoms with Crippen LogP contribution in [0.25, 0.3) is 108 Å². The van der Waals surface area contributed by atoms with Crippen LogP contribution in [0.1, 0.15) is 0 Å². The second kappa shape index (κ2) is 9.32. The highest BCUT2D eigenvalue weighted by atomic mass is 32.1. The summed E-state index contributed by atoms with van der Waals surface area (Å²) >= 11 is 1.86. The number of benzene rings is 8. The maximum atomic E-state index is 6.78. The maximum Gasteiger partial charge on any atom is 0.147 e. The third-order valence-electron chi connectivity index (χ3n) is 9.86. The summed E-state index contributed by atoms with van der Waals surface area (Å²) in [6, 6.07) is 52.3. The van der Waals surface area contributed by atoms with Crippen LogP contribution in [-0.2, 0) is 0 Å². The first-order valence-electron chi connectivity index (χ1n) is 15.9. The fourth-order valence-corrected chi connectivity index (χ4v) is 8.94. The molecule has 0 spiro atoms. The topological polar surface area (TPSA) is 26.3 Å². The van der Waals surface area contributed by atoms with Crippen LogP contribution >= 0.6 is 11.3 Å². The quantitative estimate of drug-likeness (QED) is 0.181. The lowest BCUT2D eigenvalue weighted by atomic mass is 9.85. The van der Waals surface area contributed by atoms with Gasteiger partial charge in [-0.1, -0.05) is 109 Å². The number of thiophene rings is 1. The van der Waals surface area contributed by atoms with Gasteiger partial charge >= 0.3 is 0 Å². The van der Waals surface area contributed by atoms with Crippen molar-refractivity contribution in [1.82, 2.24) is 0 Å². The van der Waals surface area contributed by atoms with Crippen LogP contribution in [0.15, 0.2) is 154 Å². The third kappa shape index (κ3) is 3.44. The Labute approximate surface area is 272 Å². The van der Waals surface area contributed by atoms with Crippen LogP contribution in [0, 0.1) is 0 Å². The molecule has 0 unspecified atom stereocenters. The summed E-state index contributed by atoms with van der Waals surface area (Å²) in [4.78, 5) is 0. The van der Waals surface area contributed by atoms with E-state index >= 15 is 0 Å². The van der Waals surface area contributed by atoms with E-state index < -0.39 is 0 Å². The van der Waals surface area contributed by atoms with E-state index in [9.17, 15) is 0 Å². The summed E-state index contributed by atoms with van der Waals surface area (Å²) in [6.07, 6.45) is 0. The molecule has 11 rings (SSSR count). The second-order valence-electron chi connectivity index (χ2n) is 12.4. The number of para-hydroxylation sites is 2. The molecule has 0 fully saturated rings. The van der Waals surface area contributed by atoms with Gasteiger partial charge in [-0.2, -0.15) is 0 Å². The van der Waals surface area contributed by atoms with Gasteiger partial charge in [0.1, 0.15) is 22.3 Å². The van der Waals surface area contributed by atoms with Crippen LogP contribution < -0.4 is 0 Å². The van der Waals surface area contributed by atoms with Crippen molar-refractivity contribution < 1.29 is 8.83 Å². The Hall–Kier alpha value is -5.90. The Morgan fingerprint density at radius 3 is 1.38 bits per heavy atom. The van der Waals surface area contributed by atoms with E-state index in [4.69, 9.17) is 8.83 Å². The molecule has 11 aromatic rings. The highest BCUT2D eigenvalue weighted by Crippen LogP contribution is 2.51. The van der Waals surface area contributed by atoms with Crippen LogP contribution in [0.4, 0.5) is 0 Å². The van der Waals surface area contributed by atoms with Gasteiger partial charge in [0, 0.05) is 47.3 Å². The van der Waals surface area contributed by atoms with Gasteiger partial charge in [0.2, 0.25) is 0 Å². The third-order valence-corrected chi connectivity index (χ3v) is 11.0. The van der Waals surface area contributed by atoms with Crippen molar-refractivity contribution in [2.24, 2.45) is 0 Å². The zero-order valence-corrected chi connectivity index (χ0v) is 25.9. The van der Waals surface area contributed by atoms with Crippen LogP contribution in [0.5, 0.6) is 0 Å². The molecule has 8 aromatic carbocycles. The number of furan rings is 2. The molecular formula is C44H24O2S. The second-order valence-corrected chi connectivity index (χ2v) is 13.4. The molecule has 0 saturated carbocycles. The summed E-state index contributed by atoms with van der Waals surface area (Å²) in [6.45, 7) is 0. The number of fused-ring (bicyclic) bond motifs is 11. The van der Waals surface area contributed by atoms with E-state index in [1.165, 1.54) is 52.8 Å². The van der Waals surface area contributed by atoms with Gasteiger partial charge < -0.3 is 8.83 Å². The molecule has 0 atom stereocenters. The average molecular weight is 617 g/mol.